The van der Waals surface area contributed by atoms with Crippen LogP contribution < -0.4 is 11.3 Å². The zero-order valence-electron chi connectivity index (χ0n) is 20.2. The van der Waals surface area contributed by atoms with E-state index in [0.29, 0.717) is 38.9 Å². The van der Waals surface area contributed by atoms with E-state index >= 15 is 0 Å². The lowest BCUT2D eigenvalue weighted by atomic mass is 10.1. The summed E-state index contributed by atoms with van der Waals surface area (Å²) in [7, 11) is -3.61. The Bertz CT molecular complexity index is 1860. The van der Waals surface area contributed by atoms with Gasteiger partial charge in [0.25, 0.3) is 11.5 Å². The van der Waals surface area contributed by atoms with Gasteiger partial charge >= 0.3 is 0 Å². The minimum absolute atomic E-state index is 0.168. The Labute approximate surface area is 217 Å². The normalized spacial score (nSPS) is 14.8. The summed E-state index contributed by atoms with van der Waals surface area (Å²) in [6, 6.07) is 20.6. The monoisotopic (exact) mass is 528 g/mol. The molecule has 0 saturated carbocycles. The predicted octanol–water partition coefficient (Wildman–Crippen LogP) is 2.80. The molecule has 5 aromatic rings. The Kier molecular flexibility index (Phi) is 5.73. The number of nitrogen functional groups attached to an aromatic ring is 1. The fourth-order valence-electron chi connectivity index (χ4n) is 4.79. The fourth-order valence-corrected chi connectivity index (χ4v) is 6.23. The van der Waals surface area contributed by atoms with Crippen LogP contribution in [-0.4, -0.2) is 64.7 Å². The second-order valence-corrected chi connectivity index (χ2v) is 11.1. The van der Waals surface area contributed by atoms with Gasteiger partial charge in [0.15, 0.2) is 5.69 Å². The standard InChI is InChI=1S/C27H24N6O4S/c28-23-19-16-17(27(35)32-12-14-33(15-13-32)38(36,37)18-6-2-1-3-7-18)10-11-20(19)29-24(23)25-26(34)31-22-9-5-4-8-21(22)30-25/h1-11,16,29H,12-15,28H2,(H,31,34). The third kappa shape index (κ3) is 4.01. The molecule has 38 heavy (non-hydrogen) atoms. The first kappa shape index (κ1) is 23.9. The molecule has 1 amide bonds. The van der Waals surface area contributed by atoms with Crippen molar-refractivity contribution in [2.45, 2.75) is 4.90 Å². The number of carbonyl (C=O) groups is 1. The first-order chi connectivity index (χ1) is 18.3. The van der Waals surface area contributed by atoms with Gasteiger partial charge in [0, 0.05) is 42.6 Å². The van der Waals surface area contributed by atoms with Gasteiger partial charge in [-0.1, -0.05) is 30.3 Å². The van der Waals surface area contributed by atoms with E-state index in [1.54, 1.807) is 65.6 Å². The molecule has 0 unspecified atom stereocenters. The molecule has 10 nitrogen and oxygen atoms in total. The van der Waals surface area contributed by atoms with Gasteiger partial charge in [-0.3, -0.25) is 9.59 Å². The van der Waals surface area contributed by atoms with Gasteiger partial charge in [0.2, 0.25) is 10.0 Å². The topological polar surface area (TPSA) is 145 Å². The van der Waals surface area contributed by atoms with E-state index in [9.17, 15) is 18.0 Å². The SMILES string of the molecule is Nc1c(-c2nc3ccccc3[nH]c2=O)[nH]c2ccc(C(=O)N3CCN(S(=O)(=O)c4ccccc4)CC3)cc12. The van der Waals surface area contributed by atoms with Gasteiger partial charge in [-0.05, 0) is 42.5 Å². The van der Waals surface area contributed by atoms with Gasteiger partial charge in [0.1, 0.15) is 0 Å². The number of nitrogens with one attached hydrogen (secondary N) is 2. The Morgan fingerprint density at radius 2 is 1.58 bits per heavy atom. The third-order valence-electron chi connectivity index (χ3n) is 6.83. The molecule has 0 aliphatic carbocycles. The van der Waals surface area contributed by atoms with Crippen LogP contribution in [-0.2, 0) is 10.0 Å². The summed E-state index contributed by atoms with van der Waals surface area (Å²) in [4.78, 5) is 38.4. The van der Waals surface area contributed by atoms with Crippen LogP contribution in [0, 0.1) is 0 Å². The Morgan fingerprint density at radius 1 is 0.868 bits per heavy atom. The van der Waals surface area contributed by atoms with Crippen molar-refractivity contribution in [1.29, 1.82) is 0 Å². The first-order valence-electron chi connectivity index (χ1n) is 12.1. The number of carbonyl (C=O) groups excluding carboxylic acids is 1. The zero-order valence-corrected chi connectivity index (χ0v) is 21.0. The van der Waals surface area contributed by atoms with Gasteiger partial charge in [-0.15, -0.1) is 0 Å². The minimum Gasteiger partial charge on any atom is -0.396 e. The number of sulfonamides is 1. The number of anilines is 1. The molecule has 0 atom stereocenters. The lowest BCUT2D eigenvalue weighted by molar-refractivity contribution is 0.0698. The maximum Gasteiger partial charge on any atom is 0.276 e. The third-order valence-corrected chi connectivity index (χ3v) is 8.74. The van der Waals surface area contributed by atoms with Gasteiger partial charge in [-0.25, -0.2) is 13.4 Å². The minimum atomic E-state index is -3.61. The molecule has 3 heterocycles. The summed E-state index contributed by atoms with van der Waals surface area (Å²) >= 11 is 0. The number of fused-ring (bicyclic) bond motifs is 2. The average molecular weight is 529 g/mol. The number of hydrogen-bond donors (Lipinski definition) is 3. The quantitative estimate of drug-likeness (QED) is 0.327. The van der Waals surface area contributed by atoms with E-state index in [1.807, 2.05) is 12.1 Å². The number of aromatic nitrogens is 3. The molecule has 192 valence electrons. The molecule has 3 aromatic carbocycles. The van der Waals surface area contributed by atoms with Gasteiger partial charge in [0.05, 0.1) is 27.3 Å². The predicted molar refractivity (Wildman–Crippen MR) is 145 cm³/mol. The molecule has 4 N–H and O–H groups in total. The molecule has 1 aliphatic rings. The fraction of sp³-hybridized carbons (Fsp3) is 0.148. The number of H-pyrrole nitrogens is 2. The summed E-state index contributed by atoms with van der Waals surface area (Å²) in [5.41, 5.74) is 9.28. The molecule has 6 rings (SSSR count). The van der Waals surface area contributed by atoms with Crippen molar-refractivity contribution in [3.63, 3.8) is 0 Å². The van der Waals surface area contributed by atoms with Crippen LogP contribution in [0.5, 0.6) is 0 Å². The number of nitrogens with zero attached hydrogens (tertiary/aromatic N) is 3. The van der Waals surface area contributed by atoms with E-state index in [1.165, 1.54) is 4.31 Å². The first-order valence-corrected chi connectivity index (χ1v) is 13.5. The van der Waals surface area contributed by atoms with E-state index in [0.717, 1.165) is 0 Å². The van der Waals surface area contributed by atoms with Gasteiger partial charge in [-0.2, -0.15) is 4.31 Å². The van der Waals surface area contributed by atoms with Crippen LogP contribution in [0.15, 0.2) is 82.5 Å². The van der Waals surface area contributed by atoms with Crippen molar-refractivity contribution in [2.24, 2.45) is 0 Å². The lowest BCUT2D eigenvalue weighted by Crippen LogP contribution is -2.50. The largest absolute Gasteiger partial charge is 0.396 e. The van der Waals surface area contributed by atoms with Crippen molar-refractivity contribution < 1.29 is 13.2 Å². The zero-order chi connectivity index (χ0) is 26.4. The lowest BCUT2D eigenvalue weighted by Gasteiger charge is -2.34. The van der Waals surface area contributed by atoms with Crippen molar-refractivity contribution in [3.05, 3.63) is 88.7 Å². The van der Waals surface area contributed by atoms with Crippen LogP contribution in [0.2, 0.25) is 0 Å². The van der Waals surface area contributed by atoms with Crippen LogP contribution in [0.4, 0.5) is 5.69 Å². The molecule has 0 bridgehead atoms. The van der Waals surface area contributed by atoms with Gasteiger partial charge < -0.3 is 20.6 Å². The van der Waals surface area contributed by atoms with E-state index in [4.69, 9.17) is 5.73 Å². The number of para-hydroxylation sites is 2. The van der Waals surface area contributed by atoms with Crippen LogP contribution in [0.3, 0.4) is 0 Å². The van der Waals surface area contributed by atoms with Crippen molar-refractivity contribution >= 4 is 43.6 Å². The summed E-state index contributed by atoms with van der Waals surface area (Å²) < 4.78 is 27.2. The van der Waals surface area contributed by atoms with Crippen molar-refractivity contribution in [3.8, 4) is 11.4 Å². The maximum absolute atomic E-state index is 13.3. The summed E-state index contributed by atoms with van der Waals surface area (Å²) in [6.07, 6.45) is 0. The smallest absolute Gasteiger partial charge is 0.276 e. The van der Waals surface area contributed by atoms with Crippen LogP contribution in [0.25, 0.3) is 33.3 Å². The van der Waals surface area contributed by atoms with E-state index in [2.05, 4.69) is 15.0 Å². The highest BCUT2D eigenvalue weighted by Crippen LogP contribution is 2.32. The van der Waals surface area contributed by atoms with E-state index < -0.39 is 10.0 Å². The molecule has 0 radical (unpaired) electrons. The summed E-state index contributed by atoms with van der Waals surface area (Å²) in [6.45, 7) is 0.955. The second kappa shape index (κ2) is 9.12. The molecule has 1 saturated heterocycles. The molecular weight excluding hydrogens is 504 g/mol. The molecular formula is C27H24N6O4S. The average Bonchev–Trinajstić information content (AvgIpc) is 3.28. The number of hydrogen-bond acceptors (Lipinski definition) is 6. The Hall–Kier alpha value is -4.48. The molecule has 2 aromatic heterocycles. The maximum atomic E-state index is 13.3. The highest BCUT2D eigenvalue weighted by atomic mass is 32.2. The van der Waals surface area contributed by atoms with Crippen molar-refractivity contribution in [2.75, 3.05) is 31.9 Å². The Balaban J connectivity index is 1.25. The Morgan fingerprint density at radius 3 is 2.34 bits per heavy atom. The number of amides is 1. The molecule has 1 aliphatic heterocycles. The number of piperazine rings is 1. The highest BCUT2D eigenvalue weighted by molar-refractivity contribution is 7.89. The molecule has 0 spiro atoms. The summed E-state index contributed by atoms with van der Waals surface area (Å²) in [5, 5.41) is 0.602. The number of aromatic amines is 2. The summed E-state index contributed by atoms with van der Waals surface area (Å²) in [5.74, 6) is -0.215. The highest BCUT2D eigenvalue weighted by Gasteiger charge is 2.30. The van der Waals surface area contributed by atoms with Crippen molar-refractivity contribution in [1.82, 2.24) is 24.2 Å². The molecule has 1 fully saturated rings. The number of nitrogens with two attached hydrogens (primary N) is 1. The van der Waals surface area contributed by atoms with Crippen LogP contribution in [0.1, 0.15) is 10.4 Å². The number of rotatable bonds is 4. The van der Waals surface area contributed by atoms with E-state index in [-0.39, 0.29) is 48.2 Å². The molecule has 11 heteroatoms. The number of benzene rings is 3. The second-order valence-electron chi connectivity index (χ2n) is 9.12. The van der Waals surface area contributed by atoms with Crippen LogP contribution >= 0.6 is 0 Å².